The molecule has 2 aromatic rings. The third-order valence-electron chi connectivity index (χ3n) is 3.44. The number of nitrogens with one attached hydrogen (secondary N) is 1. The van der Waals surface area contributed by atoms with Gasteiger partial charge in [0.1, 0.15) is 17.6 Å². The first-order chi connectivity index (χ1) is 9.99. The van der Waals surface area contributed by atoms with Crippen LogP contribution < -0.4 is 5.32 Å². The molecule has 0 saturated carbocycles. The molecule has 0 aliphatic carbocycles. The number of hydrogen-bond donors (Lipinski definition) is 2. The predicted octanol–water partition coefficient (Wildman–Crippen LogP) is 2.23. The van der Waals surface area contributed by atoms with E-state index in [1.54, 1.807) is 12.1 Å². The Balaban J connectivity index is 1.85. The van der Waals surface area contributed by atoms with Crippen LogP contribution in [0.3, 0.4) is 0 Å². The van der Waals surface area contributed by atoms with Crippen LogP contribution in [0.15, 0.2) is 27.3 Å². The normalized spacial score (nSPS) is 13.9. The summed E-state index contributed by atoms with van der Waals surface area (Å²) >= 11 is 0. The zero-order valence-corrected chi connectivity index (χ0v) is 12.4. The molecule has 2 unspecified atom stereocenters. The van der Waals surface area contributed by atoms with E-state index in [0.717, 1.165) is 17.0 Å². The van der Waals surface area contributed by atoms with Crippen LogP contribution in [-0.4, -0.2) is 22.7 Å². The SMILES string of the molecule is Cc1noc(C)c1C(C)CC(=O)NCC(O)c1ccco1. The van der Waals surface area contributed by atoms with Gasteiger partial charge in [0.15, 0.2) is 0 Å². The van der Waals surface area contributed by atoms with Gasteiger partial charge in [-0.05, 0) is 31.9 Å². The van der Waals surface area contributed by atoms with Gasteiger partial charge in [0.2, 0.25) is 5.91 Å². The van der Waals surface area contributed by atoms with Crippen molar-refractivity contribution in [1.82, 2.24) is 10.5 Å². The maximum Gasteiger partial charge on any atom is 0.220 e. The molecule has 0 fully saturated rings. The van der Waals surface area contributed by atoms with Crippen molar-refractivity contribution in [1.29, 1.82) is 0 Å². The number of carbonyl (C=O) groups excluding carboxylic acids is 1. The van der Waals surface area contributed by atoms with Gasteiger partial charge in [0.25, 0.3) is 0 Å². The van der Waals surface area contributed by atoms with Crippen LogP contribution >= 0.6 is 0 Å². The molecule has 6 heteroatoms. The summed E-state index contributed by atoms with van der Waals surface area (Å²) in [5.41, 5.74) is 1.78. The molecule has 1 amide bonds. The lowest BCUT2D eigenvalue weighted by Gasteiger charge is -2.13. The summed E-state index contributed by atoms with van der Waals surface area (Å²) in [4.78, 5) is 11.9. The molecular weight excluding hydrogens is 272 g/mol. The van der Waals surface area contributed by atoms with Gasteiger partial charge in [-0.15, -0.1) is 0 Å². The highest BCUT2D eigenvalue weighted by atomic mass is 16.5. The number of aromatic nitrogens is 1. The topological polar surface area (TPSA) is 88.5 Å². The lowest BCUT2D eigenvalue weighted by atomic mass is 9.96. The highest BCUT2D eigenvalue weighted by molar-refractivity contribution is 5.76. The van der Waals surface area contributed by atoms with Crippen LogP contribution in [0.5, 0.6) is 0 Å². The molecule has 2 N–H and O–H groups in total. The third kappa shape index (κ3) is 3.72. The second-order valence-corrected chi connectivity index (χ2v) is 5.18. The van der Waals surface area contributed by atoms with E-state index in [0.29, 0.717) is 12.2 Å². The summed E-state index contributed by atoms with van der Waals surface area (Å²) in [6.07, 6.45) is 0.964. The minimum Gasteiger partial charge on any atom is -0.467 e. The smallest absolute Gasteiger partial charge is 0.220 e. The molecule has 114 valence electrons. The van der Waals surface area contributed by atoms with Gasteiger partial charge in [-0.2, -0.15) is 0 Å². The second kappa shape index (κ2) is 6.58. The van der Waals surface area contributed by atoms with Gasteiger partial charge in [-0.3, -0.25) is 4.79 Å². The van der Waals surface area contributed by atoms with Crippen LogP contribution in [0.4, 0.5) is 0 Å². The highest BCUT2D eigenvalue weighted by Gasteiger charge is 2.20. The monoisotopic (exact) mass is 292 g/mol. The van der Waals surface area contributed by atoms with Crippen molar-refractivity contribution in [2.45, 2.75) is 39.2 Å². The number of carbonyl (C=O) groups is 1. The van der Waals surface area contributed by atoms with Crippen LogP contribution in [0.25, 0.3) is 0 Å². The Kier molecular flexibility index (Phi) is 4.80. The quantitative estimate of drug-likeness (QED) is 0.852. The van der Waals surface area contributed by atoms with Gasteiger partial charge in [0, 0.05) is 12.0 Å². The average Bonchev–Trinajstić information content (AvgIpc) is 3.06. The molecule has 0 aromatic carbocycles. The van der Waals surface area contributed by atoms with E-state index >= 15 is 0 Å². The minimum absolute atomic E-state index is 0.0111. The van der Waals surface area contributed by atoms with E-state index < -0.39 is 6.10 Å². The molecule has 0 spiro atoms. The Morgan fingerprint density at radius 3 is 2.81 bits per heavy atom. The molecule has 0 radical (unpaired) electrons. The number of amides is 1. The summed E-state index contributed by atoms with van der Waals surface area (Å²) in [5.74, 6) is 1.06. The summed E-state index contributed by atoms with van der Waals surface area (Å²) in [6, 6.07) is 3.36. The van der Waals surface area contributed by atoms with E-state index in [-0.39, 0.29) is 18.4 Å². The number of furan rings is 1. The minimum atomic E-state index is -0.835. The third-order valence-corrected chi connectivity index (χ3v) is 3.44. The van der Waals surface area contributed by atoms with Crippen molar-refractivity contribution in [3.05, 3.63) is 41.2 Å². The Morgan fingerprint density at radius 1 is 1.48 bits per heavy atom. The zero-order chi connectivity index (χ0) is 15.4. The van der Waals surface area contributed by atoms with Crippen molar-refractivity contribution in [2.24, 2.45) is 0 Å². The van der Waals surface area contributed by atoms with Crippen molar-refractivity contribution < 1.29 is 18.8 Å². The molecule has 0 aliphatic rings. The van der Waals surface area contributed by atoms with Crippen LogP contribution in [-0.2, 0) is 4.79 Å². The Morgan fingerprint density at radius 2 is 2.24 bits per heavy atom. The van der Waals surface area contributed by atoms with E-state index in [9.17, 15) is 9.90 Å². The molecule has 2 aromatic heterocycles. The number of aliphatic hydroxyl groups is 1. The van der Waals surface area contributed by atoms with Crippen LogP contribution in [0, 0.1) is 13.8 Å². The number of nitrogens with zero attached hydrogens (tertiary/aromatic N) is 1. The molecule has 0 saturated heterocycles. The summed E-state index contributed by atoms with van der Waals surface area (Å²) in [7, 11) is 0. The van der Waals surface area contributed by atoms with Gasteiger partial charge >= 0.3 is 0 Å². The van der Waals surface area contributed by atoms with Crippen LogP contribution in [0.2, 0.25) is 0 Å². The van der Waals surface area contributed by atoms with E-state index in [1.165, 1.54) is 6.26 Å². The van der Waals surface area contributed by atoms with Crippen molar-refractivity contribution in [3.8, 4) is 0 Å². The Labute approximate surface area is 123 Å². The summed E-state index contributed by atoms with van der Waals surface area (Å²) in [5, 5.41) is 16.4. The lowest BCUT2D eigenvalue weighted by Crippen LogP contribution is -2.29. The largest absolute Gasteiger partial charge is 0.467 e. The fourth-order valence-corrected chi connectivity index (χ4v) is 2.44. The fourth-order valence-electron chi connectivity index (χ4n) is 2.44. The molecular formula is C15H20N2O4. The Hall–Kier alpha value is -2.08. The van der Waals surface area contributed by atoms with Gasteiger partial charge in [-0.1, -0.05) is 12.1 Å². The molecule has 2 heterocycles. The molecule has 0 bridgehead atoms. The number of rotatable bonds is 6. The molecule has 21 heavy (non-hydrogen) atoms. The Bertz CT molecular complexity index is 569. The van der Waals surface area contributed by atoms with E-state index in [2.05, 4.69) is 10.5 Å². The van der Waals surface area contributed by atoms with Crippen molar-refractivity contribution >= 4 is 5.91 Å². The number of aryl methyl sites for hydroxylation is 2. The van der Waals surface area contributed by atoms with E-state index in [4.69, 9.17) is 8.94 Å². The standard InChI is InChI=1S/C15H20N2O4/c1-9(15-10(2)17-21-11(15)3)7-14(19)16-8-12(18)13-5-4-6-20-13/h4-6,9,12,18H,7-8H2,1-3H3,(H,16,19). The van der Waals surface area contributed by atoms with Crippen molar-refractivity contribution in [3.63, 3.8) is 0 Å². The summed E-state index contributed by atoms with van der Waals surface area (Å²) in [6.45, 7) is 5.78. The molecule has 2 atom stereocenters. The highest BCUT2D eigenvalue weighted by Crippen LogP contribution is 2.25. The maximum absolute atomic E-state index is 11.9. The average molecular weight is 292 g/mol. The first-order valence-corrected chi connectivity index (χ1v) is 6.90. The van der Waals surface area contributed by atoms with Gasteiger partial charge in [-0.25, -0.2) is 0 Å². The van der Waals surface area contributed by atoms with Gasteiger partial charge < -0.3 is 19.4 Å². The van der Waals surface area contributed by atoms with Crippen LogP contribution in [0.1, 0.15) is 48.1 Å². The first kappa shape index (κ1) is 15.3. The first-order valence-electron chi connectivity index (χ1n) is 6.90. The number of aliphatic hydroxyl groups excluding tert-OH is 1. The number of hydrogen-bond acceptors (Lipinski definition) is 5. The lowest BCUT2D eigenvalue weighted by molar-refractivity contribution is -0.121. The van der Waals surface area contributed by atoms with Crippen molar-refractivity contribution in [2.75, 3.05) is 6.54 Å². The second-order valence-electron chi connectivity index (χ2n) is 5.18. The molecule has 0 aliphatic heterocycles. The predicted molar refractivity (Wildman–Crippen MR) is 75.7 cm³/mol. The molecule has 2 rings (SSSR count). The van der Waals surface area contributed by atoms with E-state index in [1.807, 2.05) is 20.8 Å². The zero-order valence-electron chi connectivity index (χ0n) is 12.4. The maximum atomic E-state index is 11.9. The molecule has 6 nitrogen and oxygen atoms in total. The van der Waals surface area contributed by atoms with Gasteiger partial charge in [0.05, 0.1) is 18.5 Å². The summed E-state index contributed by atoms with van der Waals surface area (Å²) < 4.78 is 10.2. The fraction of sp³-hybridized carbons (Fsp3) is 0.467.